The van der Waals surface area contributed by atoms with Gasteiger partial charge in [-0.25, -0.2) is 8.42 Å². The van der Waals surface area contributed by atoms with Crippen LogP contribution in [0.4, 0.5) is 5.69 Å². The molecule has 9 heteroatoms. The number of benzene rings is 3. The van der Waals surface area contributed by atoms with Crippen LogP contribution < -0.4 is 9.62 Å². The molecule has 0 unspecified atom stereocenters. The van der Waals surface area contributed by atoms with E-state index in [2.05, 4.69) is 27.9 Å². The van der Waals surface area contributed by atoms with Gasteiger partial charge in [-0.2, -0.15) is 0 Å². The number of hydrogen-bond donors (Lipinski definition) is 1. The van der Waals surface area contributed by atoms with Crippen LogP contribution in [0.15, 0.2) is 83.8 Å². The third-order valence-corrected chi connectivity index (χ3v) is 9.57. The van der Waals surface area contributed by atoms with E-state index in [1.165, 1.54) is 17.0 Å². The zero-order valence-corrected chi connectivity index (χ0v) is 25.2. The van der Waals surface area contributed by atoms with Crippen LogP contribution in [0.5, 0.6) is 0 Å². The molecule has 3 aromatic carbocycles. The van der Waals surface area contributed by atoms with Crippen molar-refractivity contribution in [2.45, 2.75) is 63.1 Å². The number of rotatable bonds is 10. The Morgan fingerprint density at radius 2 is 1.56 bits per heavy atom. The molecule has 1 aliphatic carbocycles. The molecule has 0 aliphatic heterocycles. The predicted octanol–water partition coefficient (Wildman–Crippen LogP) is 5.27. The summed E-state index contributed by atoms with van der Waals surface area (Å²) in [5.74, 6) is -0.684. The molecule has 2 amide bonds. The monoisotopic (exact) mass is 659 g/mol. The van der Waals surface area contributed by atoms with E-state index in [9.17, 15) is 18.0 Å². The Balaban J connectivity index is 1.66. The third kappa shape index (κ3) is 7.39. The fourth-order valence-electron chi connectivity index (χ4n) is 4.72. The van der Waals surface area contributed by atoms with Gasteiger partial charge in [-0.05, 0) is 91.2 Å². The number of hydrogen-bond acceptors (Lipinski definition) is 4. The van der Waals surface area contributed by atoms with Gasteiger partial charge in [-0.1, -0.05) is 60.9 Å². The number of carbonyl (C=O) groups excluding carboxylic acids is 2. The minimum absolute atomic E-state index is 0.0912. The molecule has 7 nitrogen and oxygen atoms in total. The topological polar surface area (TPSA) is 86.8 Å². The molecule has 0 spiro atoms. The van der Waals surface area contributed by atoms with Gasteiger partial charge in [-0.3, -0.25) is 13.9 Å². The molecule has 4 rings (SSSR count). The van der Waals surface area contributed by atoms with Gasteiger partial charge >= 0.3 is 0 Å². The zero-order chi connectivity index (χ0) is 28.0. The molecule has 0 aromatic heterocycles. The molecule has 1 fully saturated rings. The summed E-state index contributed by atoms with van der Waals surface area (Å²) in [6.07, 6.45) is 4.02. The highest BCUT2D eigenvalue weighted by atomic mass is 127. The Bertz CT molecular complexity index is 1370. The minimum atomic E-state index is -4.06. The first-order chi connectivity index (χ1) is 18.6. The van der Waals surface area contributed by atoms with Crippen LogP contribution in [-0.4, -0.2) is 43.8 Å². The second-order valence-electron chi connectivity index (χ2n) is 9.97. The van der Waals surface area contributed by atoms with E-state index in [0.717, 1.165) is 44.7 Å². The van der Waals surface area contributed by atoms with E-state index < -0.39 is 28.5 Å². The number of nitrogens with one attached hydrogen (secondary N) is 1. The number of nitrogens with zero attached hydrogens (tertiary/aromatic N) is 2. The summed E-state index contributed by atoms with van der Waals surface area (Å²) in [4.78, 5) is 28.8. The van der Waals surface area contributed by atoms with Crippen molar-refractivity contribution in [2.24, 2.45) is 0 Å². The highest BCUT2D eigenvalue weighted by Gasteiger charge is 2.33. The molecule has 0 bridgehead atoms. The second-order valence-corrected chi connectivity index (χ2v) is 13.1. The minimum Gasteiger partial charge on any atom is -0.352 e. The van der Waals surface area contributed by atoms with Crippen molar-refractivity contribution in [3.05, 3.63) is 93.6 Å². The first kappa shape index (κ1) is 29.1. The number of sulfonamides is 1. The van der Waals surface area contributed by atoms with Gasteiger partial charge in [0.2, 0.25) is 11.8 Å². The van der Waals surface area contributed by atoms with E-state index in [1.54, 1.807) is 49.4 Å². The summed E-state index contributed by atoms with van der Waals surface area (Å²) in [5, 5.41) is 3.09. The standard InChI is InChI=1S/C30H34IN3O4S/c1-22-12-14-24(15-13-22)20-33(23(2)30(36)32-26-8-6-7-9-26)29(35)21-34(27-18-16-25(31)17-19-27)39(37,38)28-10-4-3-5-11-28/h3-5,10-19,23,26H,6-9,20-21H2,1-2H3,(H,32,36)/t23-/m1/s1. The Kier molecular flexibility index (Phi) is 9.66. The quantitative estimate of drug-likeness (QED) is 0.301. The zero-order valence-electron chi connectivity index (χ0n) is 22.2. The van der Waals surface area contributed by atoms with Crippen LogP contribution in [0.1, 0.15) is 43.7 Å². The first-order valence-corrected chi connectivity index (χ1v) is 15.7. The molecular formula is C30H34IN3O4S. The van der Waals surface area contributed by atoms with Crippen molar-refractivity contribution in [2.75, 3.05) is 10.8 Å². The van der Waals surface area contributed by atoms with E-state index >= 15 is 0 Å². The van der Waals surface area contributed by atoms with Crippen molar-refractivity contribution in [1.29, 1.82) is 0 Å². The smallest absolute Gasteiger partial charge is 0.264 e. The van der Waals surface area contributed by atoms with Crippen molar-refractivity contribution >= 4 is 50.1 Å². The molecule has 0 radical (unpaired) electrons. The lowest BCUT2D eigenvalue weighted by molar-refractivity contribution is -0.139. The molecule has 1 atom stereocenters. The van der Waals surface area contributed by atoms with E-state index in [1.807, 2.05) is 31.2 Å². The fraction of sp³-hybridized carbons (Fsp3) is 0.333. The van der Waals surface area contributed by atoms with Gasteiger partial charge in [0.1, 0.15) is 12.6 Å². The van der Waals surface area contributed by atoms with Gasteiger partial charge in [-0.15, -0.1) is 0 Å². The Labute approximate surface area is 244 Å². The van der Waals surface area contributed by atoms with Gasteiger partial charge in [0.05, 0.1) is 10.6 Å². The molecule has 1 N–H and O–H groups in total. The van der Waals surface area contributed by atoms with Crippen LogP contribution in [0, 0.1) is 10.5 Å². The van der Waals surface area contributed by atoms with Crippen molar-refractivity contribution in [3.63, 3.8) is 0 Å². The van der Waals surface area contributed by atoms with Crippen molar-refractivity contribution < 1.29 is 18.0 Å². The van der Waals surface area contributed by atoms with Crippen molar-refractivity contribution in [1.82, 2.24) is 10.2 Å². The maximum Gasteiger partial charge on any atom is 0.264 e. The van der Waals surface area contributed by atoms with Gasteiger partial charge < -0.3 is 10.2 Å². The molecule has 3 aromatic rings. The largest absolute Gasteiger partial charge is 0.352 e. The molecule has 206 valence electrons. The molecule has 39 heavy (non-hydrogen) atoms. The number of amides is 2. The van der Waals surface area contributed by atoms with E-state index in [0.29, 0.717) is 5.69 Å². The van der Waals surface area contributed by atoms with Crippen LogP contribution in [0.2, 0.25) is 0 Å². The molecule has 0 heterocycles. The maximum absolute atomic E-state index is 14.0. The Morgan fingerprint density at radius 1 is 0.949 bits per heavy atom. The van der Waals surface area contributed by atoms with E-state index in [4.69, 9.17) is 0 Å². The summed E-state index contributed by atoms with van der Waals surface area (Å²) in [6, 6.07) is 22.2. The van der Waals surface area contributed by atoms with Crippen LogP contribution >= 0.6 is 22.6 Å². The summed E-state index contributed by atoms with van der Waals surface area (Å²) in [7, 11) is -4.06. The summed E-state index contributed by atoms with van der Waals surface area (Å²) in [5.41, 5.74) is 2.33. The predicted molar refractivity (Wildman–Crippen MR) is 162 cm³/mol. The van der Waals surface area contributed by atoms with Crippen LogP contribution in [0.25, 0.3) is 0 Å². The van der Waals surface area contributed by atoms with Gasteiger partial charge in [0, 0.05) is 16.2 Å². The summed E-state index contributed by atoms with van der Waals surface area (Å²) >= 11 is 2.15. The lowest BCUT2D eigenvalue weighted by Crippen LogP contribution is -2.52. The molecule has 1 aliphatic rings. The average molecular weight is 660 g/mol. The molecular weight excluding hydrogens is 625 g/mol. The van der Waals surface area contributed by atoms with Crippen LogP contribution in [0.3, 0.4) is 0 Å². The lowest BCUT2D eigenvalue weighted by atomic mass is 10.1. The van der Waals surface area contributed by atoms with E-state index in [-0.39, 0.29) is 23.4 Å². The highest BCUT2D eigenvalue weighted by molar-refractivity contribution is 14.1. The summed E-state index contributed by atoms with van der Waals surface area (Å²) < 4.78 is 29.6. The Morgan fingerprint density at radius 3 is 2.18 bits per heavy atom. The number of carbonyl (C=O) groups is 2. The van der Waals surface area contributed by atoms with Crippen molar-refractivity contribution in [3.8, 4) is 0 Å². The van der Waals surface area contributed by atoms with Gasteiger partial charge in [0.25, 0.3) is 10.0 Å². The second kappa shape index (κ2) is 13.0. The number of anilines is 1. The number of halogens is 1. The third-order valence-electron chi connectivity index (χ3n) is 7.07. The first-order valence-electron chi connectivity index (χ1n) is 13.1. The number of aryl methyl sites for hydroxylation is 1. The van der Waals surface area contributed by atoms with Crippen LogP contribution in [-0.2, 0) is 26.2 Å². The molecule has 0 saturated heterocycles. The SMILES string of the molecule is Cc1ccc(CN(C(=O)CN(c2ccc(I)cc2)S(=O)(=O)c2ccccc2)[C@H](C)C(=O)NC2CCCC2)cc1. The summed E-state index contributed by atoms with van der Waals surface area (Å²) in [6.45, 7) is 3.43. The highest BCUT2D eigenvalue weighted by Crippen LogP contribution is 2.25. The fourth-order valence-corrected chi connectivity index (χ4v) is 6.52. The maximum atomic E-state index is 14.0. The average Bonchev–Trinajstić information content (AvgIpc) is 3.45. The molecule has 1 saturated carbocycles. The lowest BCUT2D eigenvalue weighted by Gasteiger charge is -2.32. The van der Waals surface area contributed by atoms with Gasteiger partial charge in [0.15, 0.2) is 0 Å². The normalized spacial score (nSPS) is 14.5. The Hall–Kier alpha value is -2.92.